The van der Waals surface area contributed by atoms with Crippen LogP contribution >= 0.6 is 0 Å². The minimum Gasteiger partial charge on any atom is -0.411 e. The molecule has 1 aromatic heterocycles. The number of aromatic nitrogens is 1. The van der Waals surface area contributed by atoms with Gasteiger partial charge in [-0.05, 0) is 12.5 Å². The van der Waals surface area contributed by atoms with Crippen molar-refractivity contribution >= 4 is 22.5 Å². The van der Waals surface area contributed by atoms with E-state index in [-0.39, 0.29) is 11.9 Å². The second kappa shape index (κ2) is 3.85. The number of nitrogens with zero attached hydrogens (tertiary/aromatic N) is 3. The average Bonchev–Trinajstić information content (AvgIpc) is 2.98. The van der Waals surface area contributed by atoms with E-state index >= 15 is 0 Å². The van der Waals surface area contributed by atoms with Crippen molar-refractivity contribution in [3.8, 4) is 0 Å². The minimum absolute atomic E-state index is 0.0805. The van der Waals surface area contributed by atoms with Crippen LogP contribution in [0.25, 0.3) is 10.9 Å². The Morgan fingerprint density at radius 3 is 2.95 bits per heavy atom. The van der Waals surface area contributed by atoms with Crippen molar-refractivity contribution in [3.05, 3.63) is 35.5 Å². The third-order valence-corrected chi connectivity index (χ3v) is 4.53. The predicted molar refractivity (Wildman–Crippen MR) is 74.8 cm³/mol. The first-order valence-electron chi connectivity index (χ1n) is 6.80. The van der Waals surface area contributed by atoms with E-state index in [2.05, 4.69) is 21.9 Å². The average molecular weight is 269 g/mol. The second-order valence-electron chi connectivity index (χ2n) is 5.46. The van der Waals surface area contributed by atoms with Crippen molar-refractivity contribution < 1.29 is 10.0 Å². The fourth-order valence-corrected chi connectivity index (χ4v) is 3.62. The van der Waals surface area contributed by atoms with Gasteiger partial charge in [0.25, 0.3) is 0 Å². The molecule has 5 heteroatoms. The zero-order valence-corrected chi connectivity index (χ0v) is 11.2. The van der Waals surface area contributed by atoms with E-state index in [1.165, 1.54) is 0 Å². The highest BCUT2D eigenvalue weighted by Crippen LogP contribution is 2.36. The van der Waals surface area contributed by atoms with E-state index < -0.39 is 0 Å². The number of hydrogen-bond acceptors (Lipinski definition) is 3. The van der Waals surface area contributed by atoms with Crippen LogP contribution in [0.1, 0.15) is 24.1 Å². The Balaban J connectivity index is 2.04. The van der Waals surface area contributed by atoms with Crippen molar-refractivity contribution in [3.63, 3.8) is 0 Å². The van der Waals surface area contributed by atoms with Gasteiger partial charge in [0.2, 0.25) is 5.91 Å². The molecule has 2 aliphatic rings. The third-order valence-electron chi connectivity index (χ3n) is 4.53. The smallest absolute Gasteiger partial charge is 0.223 e. The van der Waals surface area contributed by atoms with E-state index in [0.717, 1.165) is 28.6 Å². The molecule has 0 aliphatic carbocycles. The Morgan fingerprint density at radius 2 is 2.15 bits per heavy atom. The lowest BCUT2D eigenvalue weighted by atomic mass is 9.97. The Hall–Kier alpha value is -2.30. The molecule has 0 spiro atoms. The molecular weight excluding hydrogens is 254 g/mol. The Labute approximate surface area is 116 Å². The molecule has 0 saturated carbocycles. The SMILES string of the molecule is Cn1c2c(c3ccccc31)CN1C(=O)CCC1/C2=N\O. The van der Waals surface area contributed by atoms with Crippen LogP contribution in [0.4, 0.5) is 0 Å². The van der Waals surface area contributed by atoms with Gasteiger partial charge in [-0.1, -0.05) is 23.4 Å². The molecule has 4 rings (SSSR count). The summed E-state index contributed by atoms with van der Waals surface area (Å²) < 4.78 is 2.07. The van der Waals surface area contributed by atoms with Crippen LogP contribution in [0.2, 0.25) is 0 Å². The fraction of sp³-hybridized carbons (Fsp3) is 0.333. The van der Waals surface area contributed by atoms with E-state index in [1.54, 1.807) is 0 Å². The number of hydrogen-bond donors (Lipinski definition) is 1. The van der Waals surface area contributed by atoms with E-state index in [4.69, 9.17) is 0 Å². The number of para-hydroxylation sites is 1. The van der Waals surface area contributed by atoms with Crippen LogP contribution in [-0.2, 0) is 18.4 Å². The lowest BCUT2D eigenvalue weighted by Gasteiger charge is -2.31. The van der Waals surface area contributed by atoms with Gasteiger partial charge in [-0.3, -0.25) is 4.79 Å². The molecule has 0 radical (unpaired) electrons. The summed E-state index contributed by atoms with van der Waals surface area (Å²) in [5, 5.41) is 14.1. The number of rotatable bonds is 0. The molecule has 2 aliphatic heterocycles. The predicted octanol–water partition coefficient (Wildman–Crippen LogP) is 1.86. The highest BCUT2D eigenvalue weighted by Gasteiger charge is 2.42. The zero-order valence-electron chi connectivity index (χ0n) is 11.2. The zero-order chi connectivity index (χ0) is 13.9. The van der Waals surface area contributed by atoms with Crippen LogP contribution in [-0.4, -0.2) is 32.3 Å². The quantitative estimate of drug-likeness (QED) is 0.586. The second-order valence-corrected chi connectivity index (χ2v) is 5.46. The molecule has 1 N–H and O–H groups in total. The molecule has 1 amide bonds. The van der Waals surface area contributed by atoms with Crippen LogP contribution < -0.4 is 0 Å². The van der Waals surface area contributed by atoms with Crippen molar-refractivity contribution in [2.75, 3.05) is 0 Å². The molecule has 1 unspecified atom stereocenters. The number of benzene rings is 1. The van der Waals surface area contributed by atoms with Gasteiger partial charge >= 0.3 is 0 Å². The van der Waals surface area contributed by atoms with Gasteiger partial charge in [-0.25, -0.2) is 0 Å². The van der Waals surface area contributed by atoms with Gasteiger partial charge < -0.3 is 14.7 Å². The minimum atomic E-state index is -0.0805. The molecule has 2 aromatic rings. The highest BCUT2D eigenvalue weighted by atomic mass is 16.4. The van der Waals surface area contributed by atoms with Gasteiger partial charge in [0, 0.05) is 36.5 Å². The van der Waals surface area contributed by atoms with Gasteiger partial charge in [0.1, 0.15) is 5.71 Å². The maximum absolute atomic E-state index is 12.0. The van der Waals surface area contributed by atoms with E-state index in [1.807, 2.05) is 24.1 Å². The summed E-state index contributed by atoms with van der Waals surface area (Å²) in [6.45, 7) is 0.610. The molecule has 1 atom stereocenters. The largest absolute Gasteiger partial charge is 0.411 e. The van der Waals surface area contributed by atoms with E-state index in [9.17, 15) is 10.0 Å². The molecule has 0 bridgehead atoms. The first kappa shape index (κ1) is 11.5. The molecule has 102 valence electrons. The van der Waals surface area contributed by atoms with Gasteiger partial charge in [-0.2, -0.15) is 0 Å². The maximum Gasteiger partial charge on any atom is 0.223 e. The van der Waals surface area contributed by atoms with E-state index in [0.29, 0.717) is 18.7 Å². The van der Waals surface area contributed by atoms with Gasteiger partial charge in [-0.15, -0.1) is 0 Å². The van der Waals surface area contributed by atoms with Crippen LogP contribution in [0.5, 0.6) is 0 Å². The van der Waals surface area contributed by atoms with Crippen molar-refractivity contribution in [2.24, 2.45) is 12.2 Å². The Bertz CT molecular complexity index is 760. The molecular formula is C15H15N3O2. The summed E-state index contributed by atoms with van der Waals surface area (Å²) in [4.78, 5) is 13.8. The summed E-state index contributed by atoms with van der Waals surface area (Å²) in [7, 11) is 1.98. The summed E-state index contributed by atoms with van der Waals surface area (Å²) in [6.07, 6.45) is 1.27. The number of oxime groups is 1. The van der Waals surface area contributed by atoms with Gasteiger partial charge in [0.15, 0.2) is 0 Å². The molecule has 20 heavy (non-hydrogen) atoms. The van der Waals surface area contributed by atoms with Crippen molar-refractivity contribution in [1.82, 2.24) is 9.47 Å². The molecule has 3 heterocycles. The van der Waals surface area contributed by atoms with Crippen molar-refractivity contribution in [2.45, 2.75) is 25.4 Å². The topological polar surface area (TPSA) is 57.8 Å². The molecule has 5 nitrogen and oxygen atoms in total. The van der Waals surface area contributed by atoms with Crippen LogP contribution in [0.3, 0.4) is 0 Å². The summed E-state index contributed by atoms with van der Waals surface area (Å²) in [6, 6.07) is 8.02. The normalized spacial score (nSPS) is 23.4. The maximum atomic E-state index is 12.0. The number of carbonyl (C=O) groups is 1. The monoisotopic (exact) mass is 269 g/mol. The third kappa shape index (κ3) is 1.27. The highest BCUT2D eigenvalue weighted by molar-refractivity contribution is 6.11. The number of carbonyl (C=O) groups excluding carboxylic acids is 1. The van der Waals surface area contributed by atoms with Crippen LogP contribution in [0.15, 0.2) is 29.4 Å². The summed E-state index contributed by atoms with van der Waals surface area (Å²) in [5.74, 6) is 0.148. The Morgan fingerprint density at radius 1 is 1.35 bits per heavy atom. The summed E-state index contributed by atoms with van der Waals surface area (Å²) in [5.41, 5.74) is 3.77. The standard InChI is InChI=1S/C15H15N3O2/c1-17-11-5-3-2-4-9(11)10-8-18-12(6-7-13(18)19)14(16-20)15(10)17/h2-5,12,20H,6-8H2,1H3/b16-14+. The fourth-order valence-electron chi connectivity index (χ4n) is 3.62. The molecule has 1 aromatic carbocycles. The first-order valence-corrected chi connectivity index (χ1v) is 6.80. The first-order chi connectivity index (χ1) is 9.72. The van der Waals surface area contributed by atoms with Crippen molar-refractivity contribution in [1.29, 1.82) is 0 Å². The number of amides is 1. The Kier molecular flexibility index (Phi) is 2.22. The summed E-state index contributed by atoms with van der Waals surface area (Å²) >= 11 is 0. The lowest BCUT2D eigenvalue weighted by molar-refractivity contribution is -0.128. The van der Waals surface area contributed by atoms with Crippen LogP contribution in [0, 0.1) is 0 Å². The van der Waals surface area contributed by atoms with Gasteiger partial charge in [0.05, 0.1) is 11.7 Å². The number of fused-ring (bicyclic) bond motifs is 4. The molecule has 1 fully saturated rings. The lowest BCUT2D eigenvalue weighted by Crippen LogP contribution is -2.43. The number of aryl methyl sites for hydroxylation is 1. The molecule has 1 saturated heterocycles.